The molecule has 5 heterocycles. The van der Waals surface area contributed by atoms with Gasteiger partial charge in [0.2, 0.25) is 5.95 Å². The molecule has 4 atom stereocenters. The number of hydrogen-bond donors (Lipinski definition) is 1. The lowest BCUT2D eigenvalue weighted by Crippen LogP contribution is -2.61. The van der Waals surface area contributed by atoms with E-state index in [9.17, 15) is 0 Å². The average molecular weight is 542 g/mol. The Morgan fingerprint density at radius 3 is 2.27 bits per heavy atom. The van der Waals surface area contributed by atoms with Crippen LogP contribution in [0.4, 0.5) is 23.1 Å². The Morgan fingerprint density at radius 2 is 1.62 bits per heavy atom. The molecular weight excluding hydrogens is 498 g/mol. The zero-order chi connectivity index (χ0) is 28.1. The molecule has 0 radical (unpaired) electrons. The highest BCUT2D eigenvalue weighted by Crippen LogP contribution is 2.46. The van der Waals surface area contributed by atoms with Crippen molar-refractivity contribution in [1.29, 1.82) is 0 Å². The number of nitrogens with zero attached hydrogens (tertiary/aromatic N) is 6. The molecule has 1 N–H and O–H groups in total. The second kappa shape index (κ2) is 10.3. The van der Waals surface area contributed by atoms with Gasteiger partial charge in [-0.15, -0.1) is 0 Å². The van der Waals surface area contributed by atoms with Gasteiger partial charge < -0.3 is 24.8 Å². The molecule has 40 heavy (non-hydrogen) atoms. The van der Waals surface area contributed by atoms with Gasteiger partial charge >= 0.3 is 0 Å². The molecule has 0 aliphatic carbocycles. The lowest BCUT2D eigenvalue weighted by molar-refractivity contribution is -0.00546. The van der Waals surface area contributed by atoms with Crippen LogP contribution in [0, 0.1) is 17.8 Å². The first-order valence-corrected chi connectivity index (χ1v) is 14.6. The SMILES string of the molecule is Cc1cc(Nc2nccc(-c3ccc(N4CC(C)OC(C)C4)nc3)n2)ccc1N1CC2(C)CN(C)CC(C)(C1)C2. The number of hydrogen-bond acceptors (Lipinski definition) is 8. The highest BCUT2D eigenvalue weighted by atomic mass is 16.5. The van der Waals surface area contributed by atoms with Crippen molar-refractivity contribution in [2.75, 3.05) is 61.4 Å². The van der Waals surface area contributed by atoms with E-state index in [0.29, 0.717) is 16.8 Å². The summed E-state index contributed by atoms with van der Waals surface area (Å²) >= 11 is 0. The summed E-state index contributed by atoms with van der Waals surface area (Å²) < 4.78 is 5.87. The number of anilines is 4. The van der Waals surface area contributed by atoms with E-state index < -0.39 is 0 Å². The molecule has 0 spiro atoms. The summed E-state index contributed by atoms with van der Waals surface area (Å²) in [7, 11) is 2.27. The van der Waals surface area contributed by atoms with E-state index in [1.807, 2.05) is 12.3 Å². The fourth-order valence-corrected chi connectivity index (χ4v) is 7.75. The van der Waals surface area contributed by atoms with Crippen LogP contribution in [0.25, 0.3) is 11.3 Å². The van der Waals surface area contributed by atoms with Crippen LogP contribution < -0.4 is 15.1 Å². The Bertz CT molecular complexity index is 1330. The van der Waals surface area contributed by atoms with Crippen LogP contribution in [-0.4, -0.2) is 78.4 Å². The van der Waals surface area contributed by atoms with Crippen molar-refractivity contribution in [3.05, 3.63) is 54.4 Å². The standard InChI is InChI=1S/C32H43N7O/c1-22-13-26(8-9-28(22)39-20-31(4)17-32(5,21-39)19-37(6)18-31)35-30-33-12-11-27(36-30)25-7-10-29(34-14-25)38-15-23(2)40-24(3)16-38/h7-14,23-24H,15-21H2,1-6H3,(H,33,35,36). The predicted molar refractivity (Wildman–Crippen MR) is 162 cm³/mol. The lowest BCUT2D eigenvalue weighted by atomic mass is 9.65. The number of aryl methyl sites for hydroxylation is 1. The van der Waals surface area contributed by atoms with Crippen molar-refractivity contribution in [3.8, 4) is 11.3 Å². The quantitative estimate of drug-likeness (QED) is 0.462. The van der Waals surface area contributed by atoms with Gasteiger partial charge in [-0.3, -0.25) is 0 Å². The molecule has 0 amide bonds. The topological polar surface area (TPSA) is 69.6 Å². The van der Waals surface area contributed by atoms with Crippen molar-refractivity contribution in [1.82, 2.24) is 19.9 Å². The fourth-order valence-electron chi connectivity index (χ4n) is 7.75. The number of aromatic nitrogens is 3. The molecule has 4 unspecified atom stereocenters. The summed E-state index contributed by atoms with van der Waals surface area (Å²) in [6.07, 6.45) is 5.41. The monoisotopic (exact) mass is 541 g/mol. The van der Waals surface area contributed by atoms with Crippen molar-refractivity contribution in [2.24, 2.45) is 10.8 Å². The highest BCUT2D eigenvalue weighted by molar-refractivity contribution is 5.66. The molecule has 3 aliphatic heterocycles. The van der Waals surface area contributed by atoms with Crippen LogP contribution in [0.15, 0.2) is 48.8 Å². The number of nitrogens with one attached hydrogen (secondary N) is 1. The molecule has 212 valence electrons. The third-order valence-corrected chi connectivity index (χ3v) is 8.54. The first kappa shape index (κ1) is 27.0. The molecule has 2 aromatic heterocycles. The second-order valence-corrected chi connectivity index (χ2v) is 13.3. The van der Waals surface area contributed by atoms with E-state index in [2.05, 4.69) is 97.0 Å². The van der Waals surface area contributed by atoms with Gasteiger partial charge in [0, 0.05) is 68.6 Å². The lowest BCUT2D eigenvalue weighted by Gasteiger charge is -2.57. The van der Waals surface area contributed by atoms with Crippen LogP contribution in [0.2, 0.25) is 0 Å². The number of pyridine rings is 1. The molecule has 1 aromatic carbocycles. The number of rotatable bonds is 5. The minimum absolute atomic E-state index is 0.200. The molecule has 6 rings (SSSR count). The Labute approximate surface area is 238 Å². The molecule has 0 saturated carbocycles. The third kappa shape index (κ3) is 5.65. The van der Waals surface area contributed by atoms with Crippen LogP contribution >= 0.6 is 0 Å². The van der Waals surface area contributed by atoms with Crippen LogP contribution in [0.1, 0.15) is 39.7 Å². The first-order valence-electron chi connectivity index (χ1n) is 14.6. The molecular formula is C32H43N7O. The minimum Gasteiger partial charge on any atom is -0.372 e. The van der Waals surface area contributed by atoms with Gasteiger partial charge in [-0.2, -0.15) is 0 Å². The van der Waals surface area contributed by atoms with Gasteiger partial charge in [-0.25, -0.2) is 15.0 Å². The maximum absolute atomic E-state index is 5.87. The van der Waals surface area contributed by atoms with E-state index in [1.165, 1.54) is 17.7 Å². The largest absolute Gasteiger partial charge is 0.372 e. The summed E-state index contributed by atoms with van der Waals surface area (Å²) in [4.78, 5) is 21.5. The normalized spacial score (nSPS) is 28.9. The van der Waals surface area contributed by atoms with E-state index in [0.717, 1.165) is 62.0 Å². The Balaban J connectivity index is 1.15. The molecule has 8 heteroatoms. The van der Waals surface area contributed by atoms with Gasteiger partial charge in [0.1, 0.15) is 5.82 Å². The van der Waals surface area contributed by atoms with Gasteiger partial charge in [-0.05, 0) is 87.0 Å². The molecule has 3 aliphatic rings. The van der Waals surface area contributed by atoms with Crippen molar-refractivity contribution in [3.63, 3.8) is 0 Å². The van der Waals surface area contributed by atoms with Crippen molar-refractivity contribution < 1.29 is 4.74 Å². The second-order valence-electron chi connectivity index (χ2n) is 13.3. The van der Waals surface area contributed by atoms with Crippen molar-refractivity contribution in [2.45, 2.75) is 53.2 Å². The van der Waals surface area contributed by atoms with E-state index in [-0.39, 0.29) is 12.2 Å². The smallest absolute Gasteiger partial charge is 0.227 e. The van der Waals surface area contributed by atoms with Crippen molar-refractivity contribution >= 4 is 23.1 Å². The Kier molecular flexibility index (Phi) is 6.95. The Morgan fingerprint density at radius 1 is 0.900 bits per heavy atom. The first-order chi connectivity index (χ1) is 19.1. The van der Waals surface area contributed by atoms with Crippen LogP contribution in [0.3, 0.4) is 0 Å². The maximum atomic E-state index is 5.87. The summed E-state index contributed by atoms with van der Waals surface area (Å²) in [6.45, 7) is 17.6. The number of likely N-dealkylation sites (tertiary alicyclic amines) is 1. The Hall–Kier alpha value is -3.23. The van der Waals surface area contributed by atoms with Crippen LogP contribution in [0.5, 0.6) is 0 Å². The summed E-state index contributed by atoms with van der Waals surface area (Å²) in [5.41, 5.74) is 6.06. The number of benzene rings is 1. The summed E-state index contributed by atoms with van der Waals surface area (Å²) in [5, 5.41) is 3.43. The van der Waals surface area contributed by atoms with Crippen LogP contribution in [-0.2, 0) is 4.74 Å². The molecule has 3 aromatic rings. The number of morpholine rings is 1. The summed E-state index contributed by atoms with van der Waals surface area (Å²) in [5.74, 6) is 1.56. The third-order valence-electron chi connectivity index (χ3n) is 8.54. The van der Waals surface area contributed by atoms with E-state index in [4.69, 9.17) is 14.7 Å². The predicted octanol–water partition coefficient (Wildman–Crippen LogP) is 5.37. The van der Waals surface area contributed by atoms with E-state index >= 15 is 0 Å². The number of ether oxygens (including phenoxy) is 1. The fraction of sp³-hybridized carbons (Fsp3) is 0.531. The van der Waals surface area contributed by atoms with Gasteiger partial charge in [0.15, 0.2) is 0 Å². The highest BCUT2D eigenvalue weighted by Gasteiger charge is 2.47. The molecule has 3 saturated heterocycles. The minimum atomic E-state index is 0.200. The van der Waals surface area contributed by atoms with Gasteiger partial charge in [-0.1, -0.05) is 13.8 Å². The average Bonchev–Trinajstić information content (AvgIpc) is 2.86. The van der Waals surface area contributed by atoms with E-state index in [1.54, 1.807) is 6.20 Å². The maximum Gasteiger partial charge on any atom is 0.227 e. The number of fused-ring (bicyclic) bond motifs is 2. The summed E-state index contributed by atoms with van der Waals surface area (Å²) in [6, 6.07) is 12.7. The van der Waals surface area contributed by atoms with Gasteiger partial charge in [0.25, 0.3) is 0 Å². The van der Waals surface area contributed by atoms with Gasteiger partial charge in [0.05, 0.1) is 17.9 Å². The zero-order valence-electron chi connectivity index (χ0n) is 24.8. The molecule has 3 fully saturated rings. The molecule has 8 nitrogen and oxygen atoms in total. The zero-order valence-corrected chi connectivity index (χ0v) is 24.8. The molecule has 2 bridgehead atoms. The number of piperidine rings is 2.